The number of carbonyl (C=O) groups is 1. The number of aliphatic hydroxyl groups is 2. The third-order valence-corrected chi connectivity index (χ3v) is 10.6. The van der Waals surface area contributed by atoms with Gasteiger partial charge in [-0.05, 0) is 71.5 Å². The maximum atomic E-state index is 13.0. The van der Waals surface area contributed by atoms with Gasteiger partial charge in [-0.2, -0.15) is 10.5 Å². The number of rotatable bonds is 20. The summed E-state index contributed by atoms with van der Waals surface area (Å²) in [4.78, 5) is 21.2. The summed E-state index contributed by atoms with van der Waals surface area (Å²) >= 11 is 13.4. The van der Waals surface area contributed by atoms with Gasteiger partial charge in [-0.3, -0.25) is 14.8 Å². The number of aromatic nitrogens is 2. The van der Waals surface area contributed by atoms with Crippen LogP contribution >= 0.6 is 23.2 Å². The zero-order valence-corrected chi connectivity index (χ0v) is 36.1. The molecule has 0 unspecified atom stereocenters. The molecule has 63 heavy (non-hydrogen) atoms. The summed E-state index contributed by atoms with van der Waals surface area (Å²) in [6.45, 7) is 5.18. The molecule has 322 valence electrons. The fourth-order valence-electron chi connectivity index (χ4n) is 6.62. The number of hydrogen-bond acceptors (Lipinski definition) is 12. The first-order valence-electron chi connectivity index (χ1n) is 19.9. The van der Waals surface area contributed by atoms with Crippen LogP contribution in [0.15, 0.2) is 97.6 Å². The van der Waals surface area contributed by atoms with Crippen molar-refractivity contribution in [1.29, 1.82) is 10.5 Å². The Morgan fingerprint density at radius 3 is 1.68 bits per heavy atom. The van der Waals surface area contributed by atoms with Crippen LogP contribution in [0.25, 0.3) is 11.1 Å². The number of pyridine rings is 2. The second-order valence-corrected chi connectivity index (χ2v) is 15.1. The van der Waals surface area contributed by atoms with Gasteiger partial charge in [-0.1, -0.05) is 59.6 Å². The minimum Gasteiger partial charge on any atom is -0.488 e. The highest BCUT2D eigenvalue weighted by atomic mass is 35.5. The van der Waals surface area contributed by atoms with Crippen molar-refractivity contribution in [3.8, 4) is 46.3 Å². The molecule has 4 aromatic carbocycles. The number of ether oxygens (including phenoxy) is 4. The lowest BCUT2D eigenvalue weighted by Crippen LogP contribution is -2.27. The second-order valence-electron chi connectivity index (χ2n) is 14.3. The van der Waals surface area contributed by atoms with E-state index in [0.717, 1.165) is 44.5 Å². The van der Waals surface area contributed by atoms with Crippen molar-refractivity contribution in [2.75, 3.05) is 26.3 Å². The van der Waals surface area contributed by atoms with E-state index in [1.165, 1.54) is 18.5 Å². The number of nitrogens with one attached hydrogen (secondary N) is 2. The lowest BCUT2D eigenvalue weighted by Gasteiger charge is -2.19. The molecule has 0 aliphatic rings. The van der Waals surface area contributed by atoms with Gasteiger partial charge < -0.3 is 39.8 Å². The Kier molecular flexibility index (Phi) is 16.3. The Morgan fingerprint density at radius 1 is 0.635 bits per heavy atom. The lowest BCUT2D eigenvalue weighted by atomic mass is 9.92. The van der Waals surface area contributed by atoms with Gasteiger partial charge in [0, 0.05) is 73.2 Å². The third-order valence-electron chi connectivity index (χ3n) is 9.98. The van der Waals surface area contributed by atoms with E-state index >= 15 is 0 Å². The van der Waals surface area contributed by atoms with Crippen LogP contribution in [0.2, 0.25) is 10.0 Å². The molecule has 0 fully saturated rings. The maximum absolute atomic E-state index is 13.0. The number of benzene rings is 4. The number of aliphatic hydroxyl groups excluding tert-OH is 2. The second kappa shape index (κ2) is 22.4. The molecule has 6 rings (SSSR count). The average molecular weight is 888 g/mol. The largest absolute Gasteiger partial charge is 0.488 e. The van der Waals surface area contributed by atoms with Crippen LogP contribution in [0.3, 0.4) is 0 Å². The van der Waals surface area contributed by atoms with Crippen molar-refractivity contribution in [2.45, 2.75) is 46.8 Å². The fraction of sp³-hybridized carbons (Fsp3) is 0.229. The smallest absolute Gasteiger partial charge is 0.255 e. The Morgan fingerprint density at radius 2 is 1.14 bits per heavy atom. The molecule has 15 heteroatoms. The SMILES string of the molecule is Cc1c(COc2cc(OCc3cncc(C#N)c3)c(CNCCO)cc2Cl)cccc1-c1cccc(COc2cc(OCc3cncc(C#N)c3)c(C(=O)NCCO)cc2Cl)c1C. The van der Waals surface area contributed by atoms with E-state index in [-0.39, 0.29) is 62.5 Å². The fourth-order valence-corrected chi connectivity index (χ4v) is 7.08. The van der Waals surface area contributed by atoms with Gasteiger partial charge in [0.1, 0.15) is 61.6 Å². The van der Waals surface area contributed by atoms with E-state index in [1.807, 2.05) is 44.2 Å². The summed E-state index contributed by atoms with van der Waals surface area (Å²) < 4.78 is 24.9. The van der Waals surface area contributed by atoms with Gasteiger partial charge in [-0.25, -0.2) is 0 Å². The first-order valence-corrected chi connectivity index (χ1v) is 20.6. The van der Waals surface area contributed by atoms with Gasteiger partial charge in [-0.15, -0.1) is 0 Å². The molecule has 2 heterocycles. The molecule has 0 atom stereocenters. The summed E-state index contributed by atoms with van der Waals surface area (Å²) in [6.07, 6.45) is 6.15. The minimum atomic E-state index is -0.487. The van der Waals surface area contributed by atoms with Crippen LogP contribution in [0, 0.1) is 36.5 Å². The number of hydrogen-bond donors (Lipinski definition) is 4. The predicted molar refractivity (Wildman–Crippen MR) is 238 cm³/mol. The first-order chi connectivity index (χ1) is 30.6. The van der Waals surface area contributed by atoms with Gasteiger partial charge in [0.25, 0.3) is 5.91 Å². The highest BCUT2D eigenvalue weighted by molar-refractivity contribution is 6.32. The molecular formula is C48H44Cl2N6O7. The summed E-state index contributed by atoms with van der Waals surface area (Å²) in [7, 11) is 0. The van der Waals surface area contributed by atoms with E-state index < -0.39 is 5.91 Å². The van der Waals surface area contributed by atoms with E-state index in [0.29, 0.717) is 52.1 Å². The van der Waals surface area contributed by atoms with Crippen LogP contribution in [-0.2, 0) is 33.0 Å². The Labute approximate surface area is 375 Å². The minimum absolute atomic E-state index is 0.0194. The third kappa shape index (κ3) is 12.0. The van der Waals surface area contributed by atoms with Crippen molar-refractivity contribution < 1.29 is 34.0 Å². The van der Waals surface area contributed by atoms with Crippen molar-refractivity contribution in [3.63, 3.8) is 0 Å². The summed E-state index contributed by atoms with van der Waals surface area (Å²) in [5.41, 5.74) is 8.93. The normalized spacial score (nSPS) is 10.7. The van der Waals surface area contributed by atoms with Crippen LogP contribution in [0.5, 0.6) is 23.0 Å². The molecule has 0 saturated carbocycles. The molecular weight excluding hydrogens is 843 g/mol. The van der Waals surface area contributed by atoms with Gasteiger partial charge >= 0.3 is 0 Å². The van der Waals surface area contributed by atoms with E-state index in [1.54, 1.807) is 42.7 Å². The molecule has 0 saturated heterocycles. The average Bonchev–Trinajstić information content (AvgIpc) is 3.30. The first kappa shape index (κ1) is 45.8. The maximum Gasteiger partial charge on any atom is 0.255 e. The van der Waals surface area contributed by atoms with Gasteiger partial charge in [0.05, 0.1) is 39.9 Å². The number of nitrogens with zero attached hydrogens (tertiary/aromatic N) is 4. The Hall–Kier alpha value is -6.71. The zero-order chi connectivity index (χ0) is 44.7. The summed E-state index contributed by atoms with van der Waals surface area (Å²) in [6, 6.07) is 26.1. The van der Waals surface area contributed by atoms with Gasteiger partial charge in [0.15, 0.2) is 0 Å². The molecule has 4 N–H and O–H groups in total. The monoisotopic (exact) mass is 886 g/mol. The van der Waals surface area contributed by atoms with Crippen LogP contribution in [0.4, 0.5) is 0 Å². The number of carbonyl (C=O) groups excluding carboxylic acids is 1. The lowest BCUT2D eigenvalue weighted by molar-refractivity contribution is 0.0940. The van der Waals surface area contributed by atoms with Crippen LogP contribution in [0.1, 0.15) is 60.4 Å². The standard InChI is InChI=1S/C48H44Cl2N6O7/c1-30-36(28-62-46-17-44(38(15-42(46)49)25-53-9-11-57)60-26-34-13-32(19-51)21-54-23-34)5-3-7-39(30)40-8-4-6-37(31(40)2)29-63-47-18-45(41(16-43(47)50)48(59)56-10-12-58)61-27-35-14-33(20-52)22-55-24-35/h3-8,13-18,21-24,53,57-58H,9-12,25-29H2,1-2H3,(H,56,59). The van der Waals surface area contributed by atoms with Crippen molar-refractivity contribution >= 4 is 29.1 Å². The number of amides is 1. The van der Waals surface area contributed by atoms with Crippen molar-refractivity contribution in [1.82, 2.24) is 20.6 Å². The molecule has 0 radical (unpaired) electrons. The predicted octanol–water partition coefficient (Wildman–Crippen LogP) is 7.93. The summed E-state index contributed by atoms with van der Waals surface area (Å²) in [5.74, 6) is 0.966. The highest BCUT2D eigenvalue weighted by Crippen LogP contribution is 2.37. The van der Waals surface area contributed by atoms with Crippen molar-refractivity contribution in [2.24, 2.45) is 0 Å². The van der Waals surface area contributed by atoms with E-state index in [2.05, 4.69) is 38.8 Å². The number of nitriles is 2. The van der Waals surface area contributed by atoms with Crippen molar-refractivity contribution in [3.05, 3.63) is 163 Å². The van der Waals surface area contributed by atoms with Crippen LogP contribution < -0.4 is 29.6 Å². The van der Waals surface area contributed by atoms with Gasteiger partial charge in [0.2, 0.25) is 0 Å². The zero-order valence-electron chi connectivity index (χ0n) is 34.6. The molecule has 0 aliphatic carbocycles. The van der Waals surface area contributed by atoms with E-state index in [9.17, 15) is 25.5 Å². The molecule has 0 aliphatic heterocycles. The van der Waals surface area contributed by atoms with Crippen LogP contribution in [-0.4, -0.2) is 52.4 Å². The topological polar surface area (TPSA) is 192 Å². The molecule has 0 bridgehead atoms. The molecule has 1 amide bonds. The molecule has 6 aromatic rings. The quantitative estimate of drug-likeness (QED) is 0.0542. The molecule has 0 spiro atoms. The highest BCUT2D eigenvalue weighted by Gasteiger charge is 2.19. The van der Waals surface area contributed by atoms with E-state index in [4.69, 9.17) is 42.1 Å². The molecule has 2 aromatic heterocycles. The number of halogens is 2. The Balaban J connectivity index is 1.19. The summed E-state index contributed by atoms with van der Waals surface area (Å²) in [5, 5.41) is 43.5. The molecule has 13 nitrogen and oxygen atoms in total. The Bertz CT molecular complexity index is 2660.